The lowest BCUT2D eigenvalue weighted by Gasteiger charge is -2.37. The Kier molecular flexibility index (Phi) is 6.22. The first-order chi connectivity index (χ1) is 11.1. The Balaban J connectivity index is 1.55. The molecule has 2 N–H and O–H groups in total. The van der Waals surface area contributed by atoms with Crippen LogP contribution in [0.15, 0.2) is 18.2 Å². The Labute approximate surface area is 149 Å². The molecular weight excluding hydrogens is 331 g/mol. The van der Waals surface area contributed by atoms with E-state index in [9.17, 15) is 0 Å². The summed E-state index contributed by atoms with van der Waals surface area (Å²) < 4.78 is 6.26. The van der Waals surface area contributed by atoms with Crippen molar-refractivity contribution in [3.05, 3.63) is 33.8 Å². The van der Waals surface area contributed by atoms with Crippen molar-refractivity contribution in [1.29, 1.82) is 0 Å². The maximum absolute atomic E-state index is 6.26. The molecule has 1 aliphatic heterocycles. The van der Waals surface area contributed by atoms with Crippen molar-refractivity contribution in [3.8, 4) is 0 Å². The van der Waals surface area contributed by atoms with Gasteiger partial charge in [0.05, 0.1) is 12.7 Å². The maximum Gasteiger partial charge on any atom is 0.0730 e. The minimum Gasteiger partial charge on any atom is -0.376 e. The summed E-state index contributed by atoms with van der Waals surface area (Å²) in [5.74, 6) is 0. The predicted octanol–water partition coefficient (Wildman–Crippen LogP) is 3.90. The minimum atomic E-state index is 0.315. The van der Waals surface area contributed by atoms with Gasteiger partial charge >= 0.3 is 0 Å². The van der Waals surface area contributed by atoms with E-state index in [1.54, 1.807) is 0 Å². The number of rotatable bonds is 5. The molecule has 1 saturated carbocycles. The van der Waals surface area contributed by atoms with Gasteiger partial charge in [-0.3, -0.25) is 4.90 Å². The summed E-state index contributed by atoms with van der Waals surface area (Å²) in [6.07, 6.45) is 7.12. The molecule has 0 radical (unpaired) electrons. The lowest BCUT2D eigenvalue weighted by molar-refractivity contribution is -0.0293. The molecule has 0 amide bonds. The van der Waals surface area contributed by atoms with Crippen molar-refractivity contribution < 1.29 is 4.74 Å². The number of hydrogen-bond acceptors (Lipinski definition) is 3. The third-order valence-electron chi connectivity index (χ3n) is 5.14. The van der Waals surface area contributed by atoms with Crippen molar-refractivity contribution in [2.75, 3.05) is 19.7 Å². The molecule has 3 nitrogen and oxygen atoms in total. The van der Waals surface area contributed by atoms with Gasteiger partial charge in [0.1, 0.15) is 0 Å². The summed E-state index contributed by atoms with van der Waals surface area (Å²) in [7, 11) is 0. The van der Waals surface area contributed by atoms with Gasteiger partial charge in [-0.2, -0.15) is 0 Å². The number of hydrogen-bond donors (Lipinski definition) is 1. The number of halogens is 2. The van der Waals surface area contributed by atoms with E-state index in [0.29, 0.717) is 24.8 Å². The molecule has 2 aliphatic rings. The molecule has 2 unspecified atom stereocenters. The molecule has 3 rings (SSSR count). The number of likely N-dealkylation sites (tertiary alicyclic amines) is 1. The predicted molar refractivity (Wildman–Crippen MR) is 96.3 cm³/mol. The van der Waals surface area contributed by atoms with Gasteiger partial charge in [0.25, 0.3) is 0 Å². The van der Waals surface area contributed by atoms with Gasteiger partial charge in [-0.15, -0.1) is 0 Å². The van der Waals surface area contributed by atoms with Crippen molar-refractivity contribution in [1.82, 2.24) is 4.90 Å². The van der Waals surface area contributed by atoms with E-state index in [2.05, 4.69) is 4.90 Å². The van der Waals surface area contributed by atoms with Crippen LogP contribution in [0.2, 0.25) is 10.0 Å². The summed E-state index contributed by atoms with van der Waals surface area (Å²) in [4.78, 5) is 2.54. The average molecular weight is 357 g/mol. The third kappa shape index (κ3) is 4.40. The molecular formula is C18H26Cl2N2O. The summed E-state index contributed by atoms with van der Waals surface area (Å²) in [5, 5.41) is 1.46. The van der Waals surface area contributed by atoms with Crippen LogP contribution in [0.4, 0.5) is 0 Å². The molecule has 3 atom stereocenters. The summed E-state index contributed by atoms with van der Waals surface area (Å²) in [6.45, 7) is 2.80. The second-order valence-corrected chi connectivity index (χ2v) is 7.57. The highest BCUT2D eigenvalue weighted by molar-refractivity contribution is 6.35. The zero-order valence-electron chi connectivity index (χ0n) is 13.5. The first kappa shape index (κ1) is 17.5. The van der Waals surface area contributed by atoms with Gasteiger partial charge in [-0.1, -0.05) is 42.1 Å². The first-order valence-electron chi connectivity index (χ1n) is 8.69. The molecule has 2 fully saturated rings. The largest absolute Gasteiger partial charge is 0.376 e. The van der Waals surface area contributed by atoms with Crippen molar-refractivity contribution >= 4 is 23.2 Å². The topological polar surface area (TPSA) is 38.5 Å². The lowest BCUT2D eigenvalue weighted by atomic mass is 9.91. The van der Waals surface area contributed by atoms with E-state index >= 15 is 0 Å². The fourth-order valence-electron chi connectivity index (χ4n) is 3.89. The van der Waals surface area contributed by atoms with Crippen LogP contribution < -0.4 is 5.73 Å². The van der Waals surface area contributed by atoms with E-state index < -0.39 is 0 Å². The summed E-state index contributed by atoms with van der Waals surface area (Å²) in [5.41, 5.74) is 7.07. The smallest absolute Gasteiger partial charge is 0.0730 e. The Morgan fingerprint density at radius 2 is 1.87 bits per heavy atom. The first-order valence-corrected chi connectivity index (χ1v) is 9.45. The average Bonchev–Trinajstić information content (AvgIpc) is 2.97. The van der Waals surface area contributed by atoms with Gasteiger partial charge in [-0.25, -0.2) is 0 Å². The molecule has 23 heavy (non-hydrogen) atoms. The quantitative estimate of drug-likeness (QED) is 0.869. The number of benzene rings is 1. The van der Waals surface area contributed by atoms with Crippen molar-refractivity contribution in [2.24, 2.45) is 5.73 Å². The summed E-state index contributed by atoms with van der Waals surface area (Å²) >= 11 is 12.5. The number of nitrogens with zero attached hydrogens (tertiary/aromatic N) is 1. The second-order valence-electron chi connectivity index (χ2n) is 6.75. The molecule has 1 heterocycles. The highest BCUT2D eigenvalue weighted by atomic mass is 35.5. The molecule has 0 aromatic heterocycles. The fraction of sp³-hybridized carbons (Fsp3) is 0.667. The van der Waals surface area contributed by atoms with E-state index in [1.807, 2.05) is 18.2 Å². The van der Waals surface area contributed by atoms with Gasteiger partial charge in [-0.05, 0) is 43.4 Å². The Hall–Kier alpha value is -0.320. The van der Waals surface area contributed by atoms with Crippen LogP contribution in [-0.4, -0.2) is 42.8 Å². The van der Waals surface area contributed by atoms with Gasteiger partial charge in [0.2, 0.25) is 0 Å². The normalized spacial score (nSPS) is 29.1. The molecule has 0 bridgehead atoms. The molecule has 5 heteroatoms. The Morgan fingerprint density at radius 1 is 1.13 bits per heavy atom. The van der Waals surface area contributed by atoms with E-state index in [1.165, 1.54) is 19.3 Å². The Morgan fingerprint density at radius 3 is 2.57 bits per heavy atom. The SMILES string of the molecule is NC1CCN(C2CCCC[C@@H]2OCCc2c(Cl)cccc2Cl)C1. The van der Waals surface area contributed by atoms with Crippen molar-refractivity contribution in [2.45, 2.75) is 56.7 Å². The standard InChI is InChI=1S/C18H26Cl2N2O/c19-15-4-3-5-16(20)14(15)9-11-23-18-7-2-1-6-17(18)22-10-8-13(21)12-22/h3-5,13,17-18H,1-2,6-12,21H2/t13?,17?,18-/m0/s1. The molecule has 1 aliphatic carbocycles. The van der Waals surface area contributed by atoms with Crippen LogP contribution in [-0.2, 0) is 11.2 Å². The van der Waals surface area contributed by atoms with Gasteiger partial charge < -0.3 is 10.5 Å². The Bertz CT molecular complexity index is 505. The number of ether oxygens (including phenoxy) is 1. The van der Waals surface area contributed by atoms with E-state index in [4.69, 9.17) is 33.7 Å². The van der Waals surface area contributed by atoms with Crippen LogP contribution in [0, 0.1) is 0 Å². The fourth-order valence-corrected chi connectivity index (χ4v) is 4.48. The molecule has 1 aromatic rings. The molecule has 1 aromatic carbocycles. The monoisotopic (exact) mass is 356 g/mol. The van der Waals surface area contributed by atoms with Crippen molar-refractivity contribution in [3.63, 3.8) is 0 Å². The highest BCUT2D eigenvalue weighted by Gasteiger charge is 2.34. The van der Waals surface area contributed by atoms with Crippen LogP contribution in [0.3, 0.4) is 0 Å². The zero-order chi connectivity index (χ0) is 16.2. The zero-order valence-corrected chi connectivity index (χ0v) is 15.0. The molecule has 0 spiro atoms. The van der Waals surface area contributed by atoms with E-state index in [-0.39, 0.29) is 0 Å². The molecule has 1 saturated heterocycles. The lowest BCUT2D eigenvalue weighted by Crippen LogP contribution is -2.46. The van der Waals surface area contributed by atoms with Crippen LogP contribution in [0.1, 0.15) is 37.7 Å². The number of nitrogens with two attached hydrogens (primary N) is 1. The van der Waals surface area contributed by atoms with Crippen LogP contribution in [0.5, 0.6) is 0 Å². The van der Waals surface area contributed by atoms with Gasteiger partial charge in [0.15, 0.2) is 0 Å². The second kappa shape index (κ2) is 8.17. The van der Waals surface area contributed by atoms with E-state index in [0.717, 1.165) is 48.0 Å². The minimum absolute atomic E-state index is 0.315. The van der Waals surface area contributed by atoms with Crippen LogP contribution >= 0.6 is 23.2 Å². The molecule has 128 valence electrons. The summed E-state index contributed by atoms with van der Waals surface area (Å²) in [6, 6.07) is 6.51. The van der Waals surface area contributed by atoms with Crippen LogP contribution in [0.25, 0.3) is 0 Å². The van der Waals surface area contributed by atoms with Gasteiger partial charge in [0, 0.05) is 35.2 Å². The highest BCUT2D eigenvalue weighted by Crippen LogP contribution is 2.29. The third-order valence-corrected chi connectivity index (χ3v) is 5.85. The maximum atomic E-state index is 6.26.